The summed E-state index contributed by atoms with van der Waals surface area (Å²) >= 11 is 13.8. The molecule has 0 unspecified atom stereocenters. The second-order valence-electron chi connectivity index (χ2n) is 3.90. The molecule has 5 heteroatoms. The SMILES string of the molecule is CCNc1ccc(Cl)c(CSc2cccc(Cl)c2)n1. The molecule has 0 fully saturated rings. The largest absolute Gasteiger partial charge is 0.370 e. The van der Waals surface area contributed by atoms with Gasteiger partial charge in [0.25, 0.3) is 0 Å². The lowest BCUT2D eigenvalue weighted by Gasteiger charge is -2.07. The molecule has 0 spiro atoms. The van der Waals surface area contributed by atoms with E-state index in [4.69, 9.17) is 23.2 Å². The monoisotopic (exact) mass is 312 g/mol. The van der Waals surface area contributed by atoms with Crippen molar-refractivity contribution in [1.82, 2.24) is 4.98 Å². The van der Waals surface area contributed by atoms with Crippen molar-refractivity contribution < 1.29 is 0 Å². The molecule has 0 aliphatic heterocycles. The molecule has 1 N–H and O–H groups in total. The number of thioether (sulfide) groups is 1. The third kappa shape index (κ3) is 4.30. The molecule has 0 saturated heterocycles. The first-order chi connectivity index (χ1) is 9.19. The molecule has 0 atom stereocenters. The molecule has 100 valence electrons. The minimum atomic E-state index is 0.691. The topological polar surface area (TPSA) is 24.9 Å². The molecule has 1 aromatic heterocycles. The zero-order valence-corrected chi connectivity index (χ0v) is 12.8. The van der Waals surface area contributed by atoms with Gasteiger partial charge in [0.1, 0.15) is 5.82 Å². The number of rotatable bonds is 5. The predicted octanol–water partition coefficient (Wildman–Crippen LogP) is 5.11. The maximum Gasteiger partial charge on any atom is 0.126 e. The van der Waals surface area contributed by atoms with Crippen LogP contribution in [-0.2, 0) is 5.75 Å². The van der Waals surface area contributed by atoms with E-state index >= 15 is 0 Å². The number of nitrogens with zero attached hydrogens (tertiary/aromatic N) is 1. The Kier molecular flexibility index (Phi) is 5.37. The first kappa shape index (κ1) is 14.5. The fourth-order valence-corrected chi connectivity index (χ4v) is 2.99. The van der Waals surface area contributed by atoms with Gasteiger partial charge in [-0.2, -0.15) is 0 Å². The summed E-state index contributed by atoms with van der Waals surface area (Å²) in [4.78, 5) is 5.61. The zero-order chi connectivity index (χ0) is 13.7. The maximum atomic E-state index is 6.16. The third-order valence-corrected chi connectivity index (χ3v) is 4.03. The Bertz CT molecular complexity index is 561. The van der Waals surface area contributed by atoms with Gasteiger partial charge in [0, 0.05) is 22.2 Å². The number of hydrogen-bond acceptors (Lipinski definition) is 3. The van der Waals surface area contributed by atoms with Crippen LogP contribution < -0.4 is 5.32 Å². The Balaban J connectivity index is 2.08. The van der Waals surface area contributed by atoms with Crippen molar-refractivity contribution in [3.63, 3.8) is 0 Å². The number of hydrogen-bond donors (Lipinski definition) is 1. The molecule has 19 heavy (non-hydrogen) atoms. The van der Waals surface area contributed by atoms with E-state index in [1.807, 2.05) is 43.3 Å². The molecular formula is C14H14Cl2N2S. The van der Waals surface area contributed by atoms with Crippen LogP contribution in [0.4, 0.5) is 5.82 Å². The average molecular weight is 313 g/mol. The number of benzene rings is 1. The van der Waals surface area contributed by atoms with E-state index in [2.05, 4.69) is 10.3 Å². The quantitative estimate of drug-likeness (QED) is 0.776. The van der Waals surface area contributed by atoms with Crippen LogP contribution >= 0.6 is 35.0 Å². The number of nitrogens with one attached hydrogen (secondary N) is 1. The van der Waals surface area contributed by atoms with Gasteiger partial charge in [0.2, 0.25) is 0 Å². The van der Waals surface area contributed by atoms with E-state index < -0.39 is 0 Å². The van der Waals surface area contributed by atoms with Crippen molar-refractivity contribution in [3.05, 3.63) is 52.1 Å². The molecule has 0 amide bonds. The summed E-state index contributed by atoms with van der Waals surface area (Å²) in [6.07, 6.45) is 0. The molecule has 2 nitrogen and oxygen atoms in total. The predicted molar refractivity (Wildman–Crippen MR) is 84.4 cm³/mol. The van der Waals surface area contributed by atoms with Crippen LogP contribution in [0, 0.1) is 0 Å². The van der Waals surface area contributed by atoms with E-state index in [-0.39, 0.29) is 0 Å². The van der Waals surface area contributed by atoms with Gasteiger partial charge in [-0.05, 0) is 37.3 Å². The van der Waals surface area contributed by atoms with Crippen molar-refractivity contribution >= 4 is 40.8 Å². The van der Waals surface area contributed by atoms with Crippen molar-refractivity contribution in [1.29, 1.82) is 0 Å². The minimum Gasteiger partial charge on any atom is -0.370 e. The lowest BCUT2D eigenvalue weighted by atomic mass is 10.3. The Labute approximate surface area is 127 Å². The van der Waals surface area contributed by atoms with Crippen LogP contribution in [0.5, 0.6) is 0 Å². The van der Waals surface area contributed by atoms with Crippen LogP contribution in [0.2, 0.25) is 10.0 Å². The van der Waals surface area contributed by atoms with Gasteiger partial charge < -0.3 is 5.32 Å². The highest BCUT2D eigenvalue weighted by Crippen LogP contribution is 2.28. The summed E-state index contributed by atoms with van der Waals surface area (Å²) < 4.78 is 0. The molecule has 2 rings (SSSR count). The first-order valence-corrected chi connectivity index (χ1v) is 7.71. The standard InChI is InChI=1S/C14H14Cl2N2S/c1-2-17-14-7-6-12(16)13(18-14)9-19-11-5-3-4-10(15)8-11/h3-8H,2,9H2,1H3,(H,17,18). The minimum absolute atomic E-state index is 0.691. The van der Waals surface area contributed by atoms with Gasteiger partial charge in [-0.15, -0.1) is 11.8 Å². The number of aromatic nitrogens is 1. The Morgan fingerprint density at radius 3 is 2.79 bits per heavy atom. The van der Waals surface area contributed by atoms with Crippen LogP contribution in [-0.4, -0.2) is 11.5 Å². The van der Waals surface area contributed by atoms with Crippen LogP contribution in [0.3, 0.4) is 0 Å². The molecule has 1 aromatic carbocycles. The number of halogens is 2. The highest BCUT2D eigenvalue weighted by Gasteiger charge is 2.05. The first-order valence-electron chi connectivity index (χ1n) is 5.96. The molecule has 0 aliphatic rings. The summed E-state index contributed by atoms with van der Waals surface area (Å²) in [5.74, 6) is 1.58. The molecule has 0 saturated carbocycles. The van der Waals surface area contributed by atoms with Crippen molar-refractivity contribution in [2.75, 3.05) is 11.9 Å². The molecule has 2 aromatic rings. The highest BCUT2D eigenvalue weighted by molar-refractivity contribution is 7.98. The summed E-state index contributed by atoms with van der Waals surface area (Å²) in [6, 6.07) is 11.5. The van der Waals surface area contributed by atoms with Crippen LogP contribution in [0.25, 0.3) is 0 Å². The molecular weight excluding hydrogens is 299 g/mol. The van der Waals surface area contributed by atoms with Crippen molar-refractivity contribution in [3.8, 4) is 0 Å². The zero-order valence-electron chi connectivity index (χ0n) is 10.5. The van der Waals surface area contributed by atoms with Crippen molar-refractivity contribution in [2.24, 2.45) is 0 Å². The smallest absolute Gasteiger partial charge is 0.126 e. The Hall–Kier alpha value is -0.900. The summed E-state index contributed by atoms with van der Waals surface area (Å²) in [6.45, 7) is 2.88. The summed E-state index contributed by atoms with van der Waals surface area (Å²) in [5.41, 5.74) is 0.880. The van der Waals surface area contributed by atoms with Crippen LogP contribution in [0.1, 0.15) is 12.6 Å². The lowest BCUT2D eigenvalue weighted by Crippen LogP contribution is -2.01. The van der Waals surface area contributed by atoms with Gasteiger partial charge >= 0.3 is 0 Å². The van der Waals surface area contributed by atoms with Crippen molar-refractivity contribution in [2.45, 2.75) is 17.6 Å². The van der Waals surface area contributed by atoms with E-state index in [0.717, 1.165) is 33.7 Å². The fraction of sp³-hybridized carbons (Fsp3) is 0.214. The highest BCUT2D eigenvalue weighted by atomic mass is 35.5. The summed E-state index contributed by atoms with van der Waals surface area (Å²) in [5, 5.41) is 4.61. The number of pyridine rings is 1. The normalized spacial score (nSPS) is 10.5. The second-order valence-corrected chi connectivity index (χ2v) is 5.79. The lowest BCUT2D eigenvalue weighted by molar-refractivity contribution is 1.11. The van der Waals surface area contributed by atoms with Gasteiger partial charge in [-0.1, -0.05) is 29.3 Å². The fourth-order valence-electron chi connectivity index (χ4n) is 1.57. The Morgan fingerprint density at radius 1 is 1.21 bits per heavy atom. The summed E-state index contributed by atoms with van der Waals surface area (Å²) in [7, 11) is 0. The third-order valence-electron chi connectivity index (χ3n) is 2.45. The Morgan fingerprint density at radius 2 is 2.05 bits per heavy atom. The maximum absolute atomic E-state index is 6.16. The van der Waals surface area contributed by atoms with Gasteiger partial charge in [0.15, 0.2) is 0 Å². The van der Waals surface area contributed by atoms with E-state index in [1.165, 1.54) is 0 Å². The number of anilines is 1. The van der Waals surface area contributed by atoms with Gasteiger partial charge in [0.05, 0.1) is 10.7 Å². The van der Waals surface area contributed by atoms with Gasteiger partial charge in [-0.25, -0.2) is 4.98 Å². The molecule has 0 aliphatic carbocycles. The average Bonchev–Trinajstić information content (AvgIpc) is 2.40. The molecule has 0 radical (unpaired) electrons. The molecule has 0 bridgehead atoms. The van der Waals surface area contributed by atoms with Gasteiger partial charge in [-0.3, -0.25) is 0 Å². The molecule has 1 heterocycles. The van der Waals surface area contributed by atoms with E-state index in [1.54, 1.807) is 11.8 Å². The van der Waals surface area contributed by atoms with E-state index in [9.17, 15) is 0 Å². The van der Waals surface area contributed by atoms with E-state index in [0.29, 0.717) is 5.02 Å². The van der Waals surface area contributed by atoms with Crippen LogP contribution in [0.15, 0.2) is 41.3 Å². The second kappa shape index (κ2) is 7.04.